The Morgan fingerprint density at radius 2 is 0.889 bits per heavy atom. The van der Waals surface area contributed by atoms with E-state index in [0.29, 0.717) is 0 Å². The molecular formula is C13H27NO3Si. The molecule has 0 heterocycles. The highest BCUT2D eigenvalue weighted by Crippen LogP contribution is 2.29. The van der Waals surface area contributed by atoms with Gasteiger partial charge in [0.05, 0.1) is 16.8 Å². The standard InChI is InChI=1S/C13H27NO3Si/c1-11(2,3)15-18(14-10,16-12(4,5)6)17-13(7,8)9/h1-9H3. The van der Waals surface area contributed by atoms with E-state index >= 15 is 0 Å². The molecule has 0 bridgehead atoms. The molecule has 0 aromatic rings. The highest BCUT2D eigenvalue weighted by Gasteiger charge is 2.65. The van der Waals surface area contributed by atoms with Gasteiger partial charge in [-0.2, -0.15) is 0 Å². The van der Waals surface area contributed by atoms with Gasteiger partial charge in [-0.3, -0.25) is 6.57 Å². The molecule has 0 rings (SSSR count). The summed E-state index contributed by atoms with van der Waals surface area (Å²) in [6.45, 7) is 24.6. The van der Waals surface area contributed by atoms with Crippen molar-refractivity contribution in [3.8, 4) is 0 Å². The summed E-state index contributed by atoms with van der Waals surface area (Å²) >= 11 is 0. The van der Waals surface area contributed by atoms with Crippen LogP contribution >= 0.6 is 0 Å². The van der Waals surface area contributed by atoms with Crippen molar-refractivity contribution in [3.05, 3.63) is 11.1 Å². The van der Waals surface area contributed by atoms with Crippen LogP contribution in [0.25, 0.3) is 4.51 Å². The fourth-order valence-corrected chi connectivity index (χ4v) is 3.88. The molecule has 0 radical (unpaired) electrons. The van der Waals surface area contributed by atoms with E-state index in [1.165, 1.54) is 0 Å². The van der Waals surface area contributed by atoms with Crippen molar-refractivity contribution < 1.29 is 13.3 Å². The second kappa shape index (κ2) is 5.30. The molecule has 0 amide bonds. The third kappa shape index (κ3) is 7.83. The van der Waals surface area contributed by atoms with Crippen LogP contribution in [-0.2, 0) is 13.3 Å². The summed E-state index contributed by atoms with van der Waals surface area (Å²) in [7, 11) is -3.38. The van der Waals surface area contributed by atoms with Gasteiger partial charge in [0.15, 0.2) is 0 Å². The maximum Gasteiger partial charge on any atom is 0.964 e. The van der Waals surface area contributed by atoms with Crippen LogP contribution in [0.1, 0.15) is 62.3 Å². The van der Waals surface area contributed by atoms with Crippen molar-refractivity contribution in [1.82, 2.24) is 0 Å². The molecule has 0 unspecified atom stereocenters. The third-order valence-electron chi connectivity index (χ3n) is 1.44. The molecule has 5 heteroatoms. The van der Waals surface area contributed by atoms with Crippen molar-refractivity contribution in [2.45, 2.75) is 79.1 Å². The van der Waals surface area contributed by atoms with Crippen LogP contribution in [0.5, 0.6) is 0 Å². The molecule has 106 valence electrons. The molecular weight excluding hydrogens is 246 g/mol. The average molecular weight is 273 g/mol. The van der Waals surface area contributed by atoms with E-state index in [1.807, 2.05) is 62.3 Å². The molecule has 0 spiro atoms. The number of rotatable bonds is 3. The molecule has 0 aliphatic heterocycles. The Labute approximate surface area is 113 Å². The lowest BCUT2D eigenvalue weighted by Gasteiger charge is -2.32. The second-order valence-electron chi connectivity index (χ2n) is 7.28. The zero-order chi connectivity index (χ0) is 14.8. The summed E-state index contributed by atoms with van der Waals surface area (Å²) in [4.78, 5) is 0. The smallest absolute Gasteiger partial charge is 0.336 e. The largest absolute Gasteiger partial charge is 0.964 e. The minimum absolute atomic E-state index is 0.479. The summed E-state index contributed by atoms with van der Waals surface area (Å²) in [5, 5.41) is 0. The Morgan fingerprint density at radius 1 is 0.667 bits per heavy atom. The minimum atomic E-state index is -3.38. The van der Waals surface area contributed by atoms with Gasteiger partial charge in [0.25, 0.3) is 0 Å². The van der Waals surface area contributed by atoms with E-state index in [-0.39, 0.29) is 0 Å². The van der Waals surface area contributed by atoms with Crippen LogP contribution in [0.4, 0.5) is 0 Å². The topological polar surface area (TPSA) is 32.0 Å². The maximum atomic E-state index is 7.46. The summed E-state index contributed by atoms with van der Waals surface area (Å²) in [5.74, 6) is 0. The lowest BCUT2D eigenvalue weighted by Crippen LogP contribution is -2.55. The number of hydrogen-bond acceptors (Lipinski definition) is 3. The van der Waals surface area contributed by atoms with Gasteiger partial charge in [0.2, 0.25) is 0 Å². The van der Waals surface area contributed by atoms with Gasteiger partial charge in [0.1, 0.15) is 0 Å². The Morgan fingerprint density at radius 3 is 1.00 bits per heavy atom. The molecule has 0 aromatic carbocycles. The predicted molar refractivity (Wildman–Crippen MR) is 74.9 cm³/mol. The van der Waals surface area contributed by atoms with Crippen LogP contribution in [-0.4, -0.2) is 25.8 Å². The molecule has 0 saturated heterocycles. The Kier molecular flexibility index (Phi) is 5.17. The van der Waals surface area contributed by atoms with Crippen molar-refractivity contribution in [3.63, 3.8) is 0 Å². The van der Waals surface area contributed by atoms with Gasteiger partial charge >= 0.3 is 8.97 Å². The molecule has 0 atom stereocenters. The number of nitrogens with zero attached hydrogens (tertiary/aromatic N) is 1. The van der Waals surface area contributed by atoms with Crippen LogP contribution in [0.2, 0.25) is 0 Å². The molecule has 18 heavy (non-hydrogen) atoms. The van der Waals surface area contributed by atoms with Gasteiger partial charge in [-0.15, -0.1) is 0 Å². The Hall–Kier alpha value is -0.413. The SMILES string of the molecule is [C-]#[N+][Si](OC(C)(C)C)(OC(C)(C)C)OC(C)(C)C. The maximum absolute atomic E-state index is 7.46. The first kappa shape index (κ1) is 17.6. The van der Waals surface area contributed by atoms with Crippen molar-refractivity contribution in [2.24, 2.45) is 0 Å². The molecule has 4 nitrogen and oxygen atoms in total. The van der Waals surface area contributed by atoms with Crippen LogP contribution in [0, 0.1) is 6.57 Å². The zero-order valence-corrected chi connectivity index (χ0v) is 14.2. The van der Waals surface area contributed by atoms with E-state index in [4.69, 9.17) is 19.9 Å². The Bertz CT molecular complexity index is 274. The van der Waals surface area contributed by atoms with Gasteiger partial charge < -0.3 is 17.8 Å². The first-order chi connectivity index (χ1) is 7.68. The highest BCUT2D eigenvalue weighted by molar-refractivity contribution is 6.64. The fourth-order valence-electron chi connectivity index (χ4n) is 1.29. The van der Waals surface area contributed by atoms with Crippen molar-refractivity contribution in [1.29, 1.82) is 0 Å². The lowest BCUT2D eigenvalue weighted by molar-refractivity contribution is -0.0672. The summed E-state index contributed by atoms with van der Waals surface area (Å²) < 4.78 is 21.2. The van der Waals surface area contributed by atoms with E-state index in [2.05, 4.69) is 4.51 Å². The minimum Gasteiger partial charge on any atom is -0.336 e. The van der Waals surface area contributed by atoms with Gasteiger partial charge in [-0.1, -0.05) is 0 Å². The first-order valence-electron chi connectivity index (χ1n) is 6.17. The fraction of sp³-hybridized carbons (Fsp3) is 0.923. The molecule has 0 N–H and O–H groups in total. The van der Waals surface area contributed by atoms with E-state index in [1.54, 1.807) is 0 Å². The zero-order valence-electron chi connectivity index (χ0n) is 13.2. The quantitative estimate of drug-likeness (QED) is 0.579. The Balaban J connectivity index is 5.29. The van der Waals surface area contributed by atoms with Crippen molar-refractivity contribution >= 4 is 8.97 Å². The summed E-state index contributed by atoms with van der Waals surface area (Å²) in [5.41, 5.74) is -1.44. The van der Waals surface area contributed by atoms with Gasteiger partial charge in [-0.25, -0.2) is 0 Å². The summed E-state index contributed by atoms with van der Waals surface area (Å²) in [6.07, 6.45) is 0. The van der Waals surface area contributed by atoms with E-state index in [9.17, 15) is 0 Å². The summed E-state index contributed by atoms with van der Waals surface area (Å²) in [6, 6.07) is 0. The normalized spacial score (nSPS) is 14.4. The second-order valence-corrected chi connectivity index (χ2v) is 9.16. The predicted octanol–water partition coefficient (Wildman–Crippen LogP) is 3.79. The monoisotopic (exact) mass is 273 g/mol. The lowest BCUT2D eigenvalue weighted by atomic mass is 10.2. The van der Waals surface area contributed by atoms with E-state index in [0.717, 1.165) is 0 Å². The molecule has 0 aliphatic rings. The van der Waals surface area contributed by atoms with Crippen LogP contribution in [0.3, 0.4) is 0 Å². The third-order valence-corrected chi connectivity index (χ3v) is 4.33. The number of hydrogen-bond donors (Lipinski definition) is 0. The van der Waals surface area contributed by atoms with Crippen LogP contribution in [0.15, 0.2) is 0 Å². The van der Waals surface area contributed by atoms with Crippen LogP contribution < -0.4 is 0 Å². The average Bonchev–Trinajstić information content (AvgIpc) is 1.93. The highest BCUT2D eigenvalue weighted by atomic mass is 28.4. The molecule has 0 fully saturated rings. The van der Waals surface area contributed by atoms with Gasteiger partial charge in [-0.05, 0) is 62.3 Å². The molecule has 0 saturated carbocycles. The van der Waals surface area contributed by atoms with Gasteiger partial charge in [0, 0.05) is 0 Å². The molecule has 0 aromatic heterocycles. The molecule has 0 aliphatic carbocycles. The first-order valence-corrected chi connectivity index (χ1v) is 7.84. The van der Waals surface area contributed by atoms with E-state index < -0.39 is 25.8 Å². The van der Waals surface area contributed by atoms with Crippen molar-refractivity contribution in [2.75, 3.05) is 0 Å².